The van der Waals surface area contributed by atoms with Gasteiger partial charge in [0.25, 0.3) is 0 Å². The van der Waals surface area contributed by atoms with Crippen LogP contribution in [0.4, 0.5) is 4.79 Å². The van der Waals surface area contributed by atoms with E-state index >= 15 is 0 Å². The summed E-state index contributed by atoms with van der Waals surface area (Å²) < 4.78 is 12.0. The van der Waals surface area contributed by atoms with Crippen molar-refractivity contribution in [1.29, 1.82) is 0 Å². The summed E-state index contributed by atoms with van der Waals surface area (Å²) in [5, 5.41) is 12.4. The fraction of sp³-hybridized carbons (Fsp3) is 0.476. The van der Waals surface area contributed by atoms with E-state index in [4.69, 9.17) is 9.47 Å². The van der Waals surface area contributed by atoms with Gasteiger partial charge in [-0.1, -0.05) is 6.07 Å². The van der Waals surface area contributed by atoms with Crippen molar-refractivity contribution in [3.8, 4) is 0 Å². The van der Waals surface area contributed by atoms with Crippen molar-refractivity contribution in [1.82, 2.24) is 9.88 Å². The van der Waals surface area contributed by atoms with Crippen LogP contribution >= 0.6 is 0 Å². The van der Waals surface area contributed by atoms with E-state index in [2.05, 4.69) is 5.32 Å². The number of carbonyl (C=O) groups excluding carboxylic acids is 1. The maximum atomic E-state index is 12.6. The Labute approximate surface area is 169 Å². The lowest BCUT2D eigenvalue weighted by molar-refractivity contribution is 0.0526. The van der Waals surface area contributed by atoms with Gasteiger partial charge in [-0.2, -0.15) is 0 Å². The van der Waals surface area contributed by atoms with Crippen molar-refractivity contribution in [3.63, 3.8) is 0 Å². The van der Waals surface area contributed by atoms with E-state index in [9.17, 15) is 19.5 Å². The number of fused-ring (bicyclic) bond motifs is 1. The Kier molecular flexibility index (Phi) is 7.39. The number of alkyl carbamates (subject to hydrolysis) is 1. The molecule has 1 amide bonds. The van der Waals surface area contributed by atoms with E-state index in [0.29, 0.717) is 43.4 Å². The van der Waals surface area contributed by atoms with Gasteiger partial charge >= 0.3 is 12.1 Å². The molecule has 0 bridgehead atoms. The molecule has 0 saturated carbocycles. The van der Waals surface area contributed by atoms with Gasteiger partial charge in [-0.15, -0.1) is 0 Å². The molecule has 0 spiro atoms. The molecule has 2 rings (SSSR count). The van der Waals surface area contributed by atoms with Crippen LogP contribution in [0.5, 0.6) is 0 Å². The third kappa shape index (κ3) is 6.32. The second kappa shape index (κ2) is 9.56. The molecule has 0 radical (unpaired) electrons. The minimum absolute atomic E-state index is 0.266. The molecule has 0 unspecified atom stereocenters. The number of pyridine rings is 1. The van der Waals surface area contributed by atoms with Crippen LogP contribution in [0.2, 0.25) is 0 Å². The SMILES string of the molecule is COCCn1cc(C(=O)O)c(=O)c2cc(CCCNC(=O)OC(C)(C)C)ccc21. The largest absolute Gasteiger partial charge is 0.477 e. The van der Waals surface area contributed by atoms with Gasteiger partial charge < -0.3 is 24.5 Å². The minimum Gasteiger partial charge on any atom is -0.477 e. The first-order valence-corrected chi connectivity index (χ1v) is 9.47. The van der Waals surface area contributed by atoms with E-state index in [-0.39, 0.29) is 5.56 Å². The van der Waals surface area contributed by atoms with Crippen LogP contribution in [0.1, 0.15) is 43.1 Å². The van der Waals surface area contributed by atoms with E-state index in [1.165, 1.54) is 6.20 Å². The number of amides is 1. The van der Waals surface area contributed by atoms with Crippen molar-refractivity contribution in [2.45, 2.75) is 45.8 Å². The Bertz CT molecular complexity index is 943. The number of carboxylic acids is 1. The molecule has 0 saturated heterocycles. The zero-order valence-electron chi connectivity index (χ0n) is 17.3. The number of benzene rings is 1. The predicted octanol–water partition coefficient (Wildman–Crippen LogP) is 2.80. The van der Waals surface area contributed by atoms with E-state index in [0.717, 1.165) is 5.56 Å². The van der Waals surface area contributed by atoms with Gasteiger partial charge in [0.2, 0.25) is 5.43 Å². The lowest BCUT2D eigenvalue weighted by atomic mass is 10.0. The Morgan fingerprint density at radius 1 is 1.24 bits per heavy atom. The molecule has 0 fully saturated rings. The van der Waals surface area contributed by atoms with Crippen molar-refractivity contribution in [3.05, 3.63) is 45.7 Å². The molecule has 158 valence electrons. The number of ether oxygens (including phenoxy) is 2. The zero-order valence-corrected chi connectivity index (χ0v) is 17.3. The van der Waals surface area contributed by atoms with E-state index in [1.807, 2.05) is 12.1 Å². The molecule has 1 heterocycles. The molecule has 1 aromatic carbocycles. The summed E-state index contributed by atoms with van der Waals surface area (Å²) in [6.45, 7) is 6.66. The Morgan fingerprint density at radius 3 is 2.59 bits per heavy atom. The lowest BCUT2D eigenvalue weighted by Crippen LogP contribution is -2.33. The Hall–Kier alpha value is -2.87. The van der Waals surface area contributed by atoms with Gasteiger partial charge in [-0.25, -0.2) is 9.59 Å². The number of rotatable bonds is 8. The second-order valence-electron chi connectivity index (χ2n) is 7.75. The highest BCUT2D eigenvalue weighted by atomic mass is 16.6. The topological polar surface area (TPSA) is 107 Å². The van der Waals surface area contributed by atoms with Gasteiger partial charge in [0.1, 0.15) is 11.2 Å². The van der Waals surface area contributed by atoms with Crippen molar-refractivity contribution in [2.24, 2.45) is 0 Å². The molecular formula is C21H28N2O6. The monoisotopic (exact) mass is 404 g/mol. The Balaban J connectivity index is 2.16. The molecular weight excluding hydrogens is 376 g/mol. The zero-order chi connectivity index (χ0) is 21.6. The van der Waals surface area contributed by atoms with Gasteiger partial charge in [-0.3, -0.25) is 4.79 Å². The van der Waals surface area contributed by atoms with E-state index < -0.39 is 23.1 Å². The second-order valence-corrected chi connectivity index (χ2v) is 7.75. The van der Waals surface area contributed by atoms with Crippen LogP contribution < -0.4 is 10.7 Å². The summed E-state index contributed by atoms with van der Waals surface area (Å²) in [5.41, 5.74) is 0.230. The molecule has 2 aromatic rings. The number of carboxylic acid groups (broad SMARTS) is 1. The summed E-state index contributed by atoms with van der Waals surface area (Å²) in [5.74, 6) is -1.25. The number of aromatic carboxylic acids is 1. The standard InChI is InChI=1S/C21H28N2O6/c1-21(2,3)29-20(27)22-9-5-6-14-7-8-17-15(12-14)18(24)16(19(25)26)13-23(17)10-11-28-4/h7-8,12-13H,5-6,9-11H2,1-4H3,(H,22,27)(H,25,26). The van der Waals surface area contributed by atoms with Gasteiger partial charge in [0, 0.05) is 31.8 Å². The maximum absolute atomic E-state index is 12.6. The molecule has 0 aliphatic rings. The fourth-order valence-corrected chi connectivity index (χ4v) is 2.92. The third-order valence-electron chi connectivity index (χ3n) is 4.22. The summed E-state index contributed by atoms with van der Waals surface area (Å²) in [6, 6.07) is 5.44. The van der Waals surface area contributed by atoms with Crippen LogP contribution in [0.3, 0.4) is 0 Å². The molecule has 0 atom stereocenters. The van der Waals surface area contributed by atoms with Crippen molar-refractivity contribution < 1.29 is 24.2 Å². The van der Waals surface area contributed by atoms with Gasteiger partial charge in [0.15, 0.2) is 0 Å². The van der Waals surface area contributed by atoms with E-state index in [1.54, 1.807) is 38.5 Å². The van der Waals surface area contributed by atoms with Gasteiger partial charge in [-0.05, 0) is 51.3 Å². The number of aromatic nitrogens is 1. The smallest absolute Gasteiger partial charge is 0.407 e. The number of hydrogen-bond donors (Lipinski definition) is 2. The molecule has 1 aromatic heterocycles. The number of aryl methyl sites for hydroxylation is 1. The van der Waals surface area contributed by atoms with Crippen molar-refractivity contribution in [2.75, 3.05) is 20.3 Å². The minimum atomic E-state index is -1.25. The summed E-state index contributed by atoms with van der Waals surface area (Å²) in [7, 11) is 1.56. The summed E-state index contributed by atoms with van der Waals surface area (Å²) >= 11 is 0. The Morgan fingerprint density at radius 2 is 1.97 bits per heavy atom. The number of nitrogens with one attached hydrogen (secondary N) is 1. The predicted molar refractivity (Wildman–Crippen MR) is 110 cm³/mol. The van der Waals surface area contributed by atoms with Crippen LogP contribution in [-0.2, 0) is 22.4 Å². The number of nitrogens with zero attached hydrogens (tertiary/aromatic N) is 1. The highest BCUT2D eigenvalue weighted by Gasteiger charge is 2.16. The van der Waals surface area contributed by atoms with Crippen LogP contribution in [-0.4, -0.2) is 47.6 Å². The molecule has 29 heavy (non-hydrogen) atoms. The summed E-state index contributed by atoms with van der Waals surface area (Å²) in [4.78, 5) is 35.7. The first-order valence-electron chi connectivity index (χ1n) is 9.47. The van der Waals surface area contributed by atoms with Crippen LogP contribution in [0.25, 0.3) is 10.9 Å². The average Bonchev–Trinajstić information content (AvgIpc) is 2.63. The summed E-state index contributed by atoms with van der Waals surface area (Å²) in [6.07, 6.45) is 2.17. The first kappa shape index (κ1) is 22.4. The molecule has 0 aliphatic carbocycles. The first-order chi connectivity index (χ1) is 13.6. The van der Waals surface area contributed by atoms with Crippen LogP contribution in [0.15, 0.2) is 29.2 Å². The normalized spacial score (nSPS) is 11.4. The number of hydrogen-bond acceptors (Lipinski definition) is 5. The van der Waals surface area contributed by atoms with Crippen LogP contribution in [0, 0.1) is 0 Å². The molecule has 0 aliphatic heterocycles. The third-order valence-corrected chi connectivity index (χ3v) is 4.22. The molecule has 8 heteroatoms. The number of methoxy groups -OCH3 is 1. The number of carbonyl (C=O) groups is 2. The maximum Gasteiger partial charge on any atom is 0.407 e. The highest BCUT2D eigenvalue weighted by Crippen LogP contribution is 2.16. The average molecular weight is 404 g/mol. The molecule has 2 N–H and O–H groups in total. The molecule has 8 nitrogen and oxygen atoms in total. The van der Waals surface area contributed by atoms with Gasteiger partial charge in [0.05, 0.1) is 12.1 Å². The fourth-order valence-electron chi connectivity index (χ4n) is 2.92. The quantitative estimate of drug-likeness (QED) is 0.655. The lowest BCUT2D eigenvalue weighted by Gasteiger charge is -2.19. The van der Waals surface area contributed by atoms with Crippen molar-refractivity contribution >= 4 is 23.0 Å². The highest BCUT2D eigenvalue weighted by molar-refractivity contribution is 5.92.